The lowest BCUT2D eigenvalue weighted by Gasteiger charge is -2.31. The summed E-state index contributed by atoms with van der Waals surface area (Å²) in [5.74, 6) is 1.43. The van der Waals surface area contributed by atoms with Gasteiger partial charge >= 0.3 is 0 Å². The fourth-order valence-corrected chi connectivity index (χ4v) is 4.02. The quantitative estimate of drug-likeness (QED) is 0.659. The first-order valence-electron chi connectivity index (χ1n) is 10.8. The van der Waals surface area contributed by atoms with E-state index >= 15 is 0 Å². The number of benzene rings is 2. The van der Waals surface area contributed by atoms with Gasteiger partial charge in [-0.25, -0.2) is 4.98 Å². The Labute approximate surface area is 182 Å². The third kappa shape index (κ3) is 4.85. The number of carbonyl (C=O) groups is 2. The van der Waals surface area contributed by atoms with E-state index in [1.807, 2.05) is 65.6 Å². The van der Waals surface area contributed by atoms with E-state index in [0.29, 0.717) is 44.7 Å². The lowest BCUT2D eigenvalue weighted by Crippen LogP contribution is -2.42. The summed E-state index contributed by atoms with van der Waals surface area (Å²) in [7, 11) is 1.66. The second-order valence-corrected chi connectivity index (χ2v) is 7.79. The van der Waals surface area contributed by atoms with Crippen LogP contribution in [0.25, 0.3) is 22.6 Å². The van der Waals surface area contributed by atoms with Crippen molar-refractivity contribution < 1.29 is 14.0 Å². The predicted molar refractivity (Wildman–Crippen MR) is 119 cm³/mol. The molecule has 0 unspecified atom stereocenters. The van der Waals surface area contributed by atoms with Crippen LogP contribution < -0.4 is 5.32 Å². The lowest BCUT2D eigenvalue weighted by atomic mass is 9.96. The molecule has 160 valence electrons. The maximum absolute atomic E-state index is 12.7. The highest BCUT2D eigenvalue weighted by atomic mass is 16.4. The molecule has 2 amide bonds. The molecule has 0 saturated carbocycles. The number of nitrogens with one attached hydrogen (secondary N) is 1. The van der Waals surface area contributed by atoms with Crippen molar-refractivity contribution in [3.8, 4) is 22.6 Å². The maximum atomic E-state index is 12.7. The van der Waals surface area contributed by atoms with E-state index in [2.05, 4.69) is 5.32 Å². The van der Waals surface area contributed by atoms with Crippen molar-refractivity contribution in [1.29, 1.82) is 0 Å². The first-order valence-corrected chi connectivity index (χ1v) is 10.8. The Balaban J connectivity index is 1.45. The van der Waals surface area contributed by atoms with Crippen LogP contribution in [0, 0.1) is 5.92 Å². The Bertz CT molecular complexity index is 966. The van der Waals surface area contributed by atoms with Crippen LogP contribution >= 0.6 is 0 Å². The summed E-state index contributed by atoms with van der Waals surface area (Å²) in [6, 6.07) is 19.8. The summed E-state index contributed by atoms with van der Waals surface area (Å²) in [5, 5.41) is 2.70. The molecule has 1 fully saturated rings. The molecular formula is C25H27N3O3. The van der Waals surface area contributed by atoms with E-state index in [1.165, 1.54) is 0 Å². The number of nitrogens with zero attached hydrogens (tertiary/aromatic N) is 2. The zero-order valence-corrected chi connectivity index (χ0v) is 17.7. The smallest absolute Gasteiger partial charge is 0.223 e. The Morgan fingerprint density at radius 1 is 1.00 bits per heavy atom. The normalized spacial score (nSPS) is 14.4. The first-order chi connectivity index (χ1) is 15.2. The van der Waals surface area contributed by atoms with Gasteiger partial charge in [-0.05, 0) is 12.8 Å². The van der Waals surface area contributed by atoms with Gasteiger partial charge < -0.3 is 14.6 Å². The van der Waals surface area contributed by atoms with E-state index in [-0.39, 0.29) is 17.7 Å². The van der Waals surface area contributed by atoms with Crippen LogP contribution in [0.15, 0.2) is 65.1 Å². The van der Waals surface area contributed by atoms with Crippen LogP contribution in [-0.4, -0.2) is 41.8 Å². The molecule has 3 aromatic rings. The lowest BCUT2D eigenvalue weighted by molar-refractivity contribution is -0.135. The molecule has 1 aromatic heterocycles. The second kappa shape index (κ2) is 9.60. The van der Waals surface area contributed by atoms with Crippen molar-refractivity contribution in [2.24, 2.45) is 5.92 Å². The number of carbonyl (C=O) groups excluding carboxylic acids is 2. The van der Waals surface area contributed by atoms with Gasteiger partial charge in [-0.3, -0.25) is 9.59 Å². The standard InChI is InChI=1S/C25H27N3O3/c1-26-25(30)20-14-16-28(17-15-20)22(29)13-12-21-27-23(18-8-4-2-5-9-18)24(31-21)19-10-6-3-7-11-19/h2-11,20H,12-17H2,1H3,(H,26,30). The zero-order chi connectivity index (χ0) is 21.6. The fourth-order valence-electron chi connectivity index (χ4n) is 4.02. The molecule has 0 radical (unpaired) electrons. The number of hydrogen-bond donors (Lipinski definition) is 1. The number of likely N-dealkylation sites (tertiary alicyclic amines) is 1. The summed E-state index contributed by atoms with van der Waals surface area (Å²) in [4.78, 5) is 31.1. The minimum Gasteiger partial charge on any atom is -0.440 e. The van der Waals surface area contributed by atoms with Crippen LogP contribution in [0.4, 0.5) is 0 Å². The summed E-state index contributed by atoms with van der Waals surface area (Å²) in [5.41, 5.74) is 2.74. The van der Waals surface area contributed by atoms with Crippen molar-refractivity contribution in [2.45, 2.75) is 25.7 Å². The summed E-state index contributed by atoms with van der Waals surface area (Å²) < 4.78 is 6.12. The molecule has 1 aliphatic rings. The summed E-state index contributed by atoms with van der Waals surface area (Å²) in [6.07, 6.45) is 2.20. The highest BCUT2D eigenvalue weighted by Crippen LogP contribution is 2.33. The second-order valence-electron chi connectivity index (χ2n) is 7.79. The molecule has 1 N–H and O–H groups in total. The molecule has 1 aliphatic heterocycles. The monoisotopic (exact) mass is 417 g/mol. The predicted octanol–water partition coefficient (Wildman–Crippen LogP) is 3.93. The number of rotatable bonds is 6. The molecule has 0 bridgehead atoms. The van der Waals surface area contributed by atoms with E-state index in [0.717, 1.165) is 22.6 Å². The number of aryl methyl sites for hydroxylation is 1. The highest BCUT2D eigenvalue weighted by Gasteiger charge is 2.27. The van der Waals surface area contributed by atoms with Gasteiger partial charge in [0.25, 0.3) is 0 Å². The average Bonchev–Trinajstić information content (AvgIpc) is 3.27. The van der Waals surface area contributed by atoms with Crippen molar-refractivity contribution in [1.82, 2.24) is 15.2 Å². The number of hydrogen-bond acceptors (Lipinski definition) is 4. The Morgan fingerprint density at radius 2 is 1.61 bits per heavy atom. The number of oxazole rings is 1. The van der Waals surface area contributed by atoms with Gasteiger partial charge in [0.05, 0.1) is 0 Å². The van der Waals surface area contributed by atoms with Crippen molar-refractivity contribution in [2.75, 3.05) is 20.1 Å². The van der Waals surface area contributed by atoms with Gasteiger partial charge in [-0.15, -0.1) is 0 Å². The molecule has 4 rings (SSSR count). The van der Waals surface area contributed by atoms with Gasteiger partial charge in [-0.1, -0.05) is 60.7 Å². The van der Waals surface area contributed by atoms with Gasteiger partial charge in [0, 0.05) is 50.0 Å². The summed E-state index contributed by atoms with van der Waals surface area (Å²) in [6.45, 7) is 1.24. The Hall–Kier alpha value is -3.41. The first kappa shape index (κ1) is 20.8. The largest absolute Gasteiger partial charge is 0.440 e. The Kier molecular flexibility index (Phi) is 6.46. The van der Waals surface area contributed by atoms with E-state index < -0.39 is 0 Å². The van der Waals surface area contributed by atoms with Crippen LogP contribution in [0.2, 0.25) is 0 Å². The van der Waals surface area contributed by atoms with Crippen molar-refractivity contribution >= 4 is 11.8 Å². The maximum Gasteiger partial charge on any atom is 0.223 e. The van der Waals surface area contributed by atoms with E-state index in [1.54, 1.807) is 7.05 Å². The third-order valence-corrected chi connectivity index (χ3v) is 5.77. The average molecular weight is 418 g/mol. The van der Waals surface area contributed by atoms with Crippen molar-refractivity contribution in [3.05, 3.63) is 66.6 Å². The van der Waals surface area contributed by atoms with Gasteiger partial charge in [-0.2, -0.15) is 0 Å². The topological polar surface area (TPSA) is 75.4 Å². The van der Waals surface area contributed by atoms with Crippen LogP contribution in [0.1, 0.15) is 25.2 Å². The van der Waals surface area contributed by atoms with Crippen LogP contribution in [-0.2, 0) is 16.0 Å². The van der Waals surface area contributed by atoms with E-state index in [9.17, 15) is 9.59 Å². The molecule has 6 nitrogen and oxygen atoms in total. The van der Waals surface area contributed by atoms with E-state index in [4.69, 9.17) is 9.40 Å². The van der Waals surface area contributed by atoms with Gasteiger partial charge in [0.15, 0.2) is 11.7 Å². The van der Waals surface area contributed by atoms with Gasteiger partial charge in [0.2, 0.25) is 11.8 Å². The SMILES string of the molecule is CNC(=O)C1CCN(C(=O)CCc2nc(-c3ccccc3)c(-c3ccccc3)o2)CC1. The molecule has 0 spiro atoms. The molecule has 0 aliphatic carbocycles. The number of piperidine rings is 1. The minimum absolute atomic E-state index is 0.00246. The summed E-state index contributed by atoms with van der Waals surface area (Å²) >= 11 is 0. The van der Waals surface area contributed by atoms with Crippen LogP contribution in [0.5, 0.6) is 0 Å². The molecule has 2 aromatic carbocycles. The molecule has 2 heterocycles. The van der Waals surface area contributed by atoms with Crippen LogP contribution in [0.3, 0.4) is 0 Å². The number of amides is 2. The Morgan fingerprint density at radius 3 is 2.23 bits per heavy atom. The fraction of sp³-hybridized carbons (Fsp3) is 0.320. The van der Waals surface area contributed by atoms with Gasteiger partial charge in [0.1, 0.15) is 5.69 Å². The molecule has 31 heavy (non-hydrogen) atoms. The number of aromatic nitrogens is 1. The van der Waals surface area contributed by atoms with Crippen molar-refractivity contribution in [3.63, 3.8) is 0 Å². The highest BCUT2D eigenvalue weighted by molar-refractivity contribution is 5.80. The molecule has 6 heteroatoms. The minimum atomic E-state index is 0.00246. The molecule has 0 atom stereocenters. The molecule has 1 saturated heterocycles. The third-order valence-electron chi connectivity index (χ3n) is 5.77. The zero-order valence-electron chi connectivity index (χ0n) is 17.7. The molecular weight excluding hydrogens is 390 g/mol.